The molecule has 172 valence electrons. The molecule has 0 bridgehead atoms. The molecule has 2 aromatic carbocycles. The predicted molar refractivity (Wildman–Crippen MR) is 136 cm³/mol. The molecule has 2 aliphatic rings. The van der Waals surface area contributed by atoms with Crippen LogP contribution >= 0.6 is 45.2 Å². The summed E-state index contributed by atoms with van der Waals surface area (Å²) in [5.74, 6) is -0.534. The number of methoxy groups -OCH3 is 1. The Kier molecular flexibility index (Phi) is 7.27. The molecule has 1 aliphatic heterocycles. The molecule has 9 heteroatoms. The van der Waals surface area contributed by atoms with Crippen LogP contribution in [0.5, 0.6) is 5.75 Å². The molecule has 1 heterocycles. The Hall–Kier alpha value is -2.15. The Morgan fingerprint density at radius 2 is 1.85 bits per heavy atom. The van der Waals surface area contributed by atoms with Crippen LogP contribution in [0.3, 0.4) is 0 Å². The van der Waals surface area contributed by atoms with Crippen LogP contribution in [0.1, 0.15) is 36.3 Å². The van der Waals surface area contributed by atoms with Crippen molar-refractivity contribution in [2.45, 2.75) is 31.8 Å². The van der Waals surface area contributed by atoms with Crippen LogP contribution in [0.4, 0.5) is 4.39 Å². The van der Waals surface area contributed by atoms with E-state index in [-0.39, 0.29) is 29.7 Å². The molecule has 6 nitrogen and oxygen atoms in total. The minimum Gasteiger partial charge on any atom is -0.487 e. The van der Waals surface area contributed by atoms with Gasteiger partial charge in [-0.1, -0.05) is 12.1 Å². The summed E-state index contributed by atoms with van der Waals surface area (Å²) in [5, 5.41) is 0. The van der Waals surface area contributed by atoms with Gasteiger partial charge in [-0.25, -0.2) is 9.18 Å². The van der Waals surface area contributed by atoms with Gasteiger partial charge in [-0.15, -0.1) is 0 Å². The lowest BCUT2D eigenvalue weighted by atomic mass is 9.77. The van der Waals surface area contributed by atoms with E-state index in [1.807, 2.05) is 12.1 Å². The Labute approximate surface area is 217 Å². The molecular weight excluding hydrogens is 655 g/mol. The minimum atomic E-state index is -0.679. The third kappa shape index (κ3) is 4.88. The number of benzene rings is 2. The number of rotatable bonds is 5. The van der Waals surface area contributed by atoms with Crippen LogP contribution in [-0.2, 0) is 25.7 Å². The quantitative estimate of drug-likeness (QED) is 0.352. The molecule has 2 N–H and O–H groups in total. The fourth-order valence-electron chi connectivity index (χ4n) is 4.02. The topological polar surface area (TPSA) is 87.9 Å². The van der Waals surface area contributed by atoms with Crippen molar-refractivity contribution >= 4 is 56.9 Å². The molecule has 1 aliphatic carbocycles. The maximum atomic E-state index is 13.2. The van der Waals surface area contributed by atoms with Gasteiger partial charge in [0.2, 0.25) is 5.88 Å². The van der Waals surface area contributed by atoms with Gasteiger partial charge < -0.3 is 19.9 Å². The van der Waals surface area contributed by atoms with Gasteiger partial charge in [0.15, 0.2) is 5.78 Å². The molecule has 4 rings (SSSR count). The Bertz CT molecular complexity index is 1170. The van der Waals surface area contributed by atoms with Crippen molar-refractivity contribution in [3.05, 3.63) is 83.3 Å². The summed E-state index contributed by atoms with van der Waals surface area (Å²) >= 11 is 4.32. The fraction of sp³-hybridized carbons (Fsp3) is 0.250. The summed E-state index contributed by atoms with van der Waals surface area (Å²) in [4.78, 5) is 25.5. The summed E-state index contributed by atoms with van der Waals surface area (Å²) < 4.78 is 31.4. The van der Waals surface area contributed by atoms with E-state index >= 15 is 0 Å². The predicted octanol–water partition coefficient (Wildman–Crippen LogP) is 5.08. The van der Waals surface area contributed by atoms with E-state index < -0.39 is 11.9 Å². The largest absolute Gasteiger partial charge is 0.487 e. The third-order valence-electron chi connectivity index (χ3n) is 5.54. The average Bonchev–Trinajstić information content (AvgIpc) is 2.78. The van der Waals surface area contributed by atoms with Crippen molar-refractivity contribution in [1.29, 1.82) is 0 Å². The van der Waals surface area contributed by atoms with Crippen molar-refractivity contribution in [1.82, 2.24) is 0 Å². The molecule has 2 aromatic rings. The number of hydrogen-bond acceptors (Lipinski definition) is 6. The number of hydrogen-bond donors (Lipinski definition) is 1. The number of esters is 1. The molecule has 0 saturated heterocycles. The monoisotopic (exact) mass is 675 g/mol. The zero-order chi connectivity index (χ0) is 23.7. The van der Waals surface area contributed by atoms with E-state index in [9.17, 15) is 14.0 Å². The lowest BCUT2D eigenvalue weighted by molar-refractivity contribution is -0.136. The number of allylic oxidation sites excluding steroid dienone is 2. The van der Waals surface area contributed by atoms with Crippen LogP contribution < -0.4 is 10.5 Å². The molecule has 0 amide bonds. The SMILES string of the molecule is COC(=O)C1=C(N)OC2=C(C(=O)CCC2)[C@@H]1c1cc(I)c(OCc2ccc(F)cc2)c(I)c1. The summed E-state index contributed by atoms with van der Waals surface area (Å²) in [6, 6.07) is 9.87. The van der Waals surface area contributed by atoms with Gasteiger partial charge in [0.05, 0.1) is 20.2 Å². The maximum absolute atomic E-state index is 13.2. The maximum Gasteiger partial charge on any atom is 0.340 e. The first-order chi connectivity index (χ1) is 15.8. The molecule has 0 unspecified atom stereocenters. The second kappa shape index (κ2) is 10.00. The van der Waals surface area contributed by atoms with E-state index in [0.717, 1.165) is 18.3 Å². The van der Waals surface area contributed by atoms with Gasteiger partial charge in [-0.2, -0.15) is 0 Å². The number of carbonyl (C=O) groups excluding carboxylic acids is 2. The van der Waals surface area contributed by atoms with Crippen molar-refractivity contribution in [2.75, 3.05) is 7.11 Å². The number of halogens is 3. The first kappa shape index (κ1) is 24.0. The fourth-order valence-corrected chi connectivity index (χ4v) is 6.15. The van der Waals surface area contributed by atoms with E-state index in [1.54, 1.807) is 12.1 Å². The van der Waals surface area contributed by atoms with E-state index in [0.29, 0.717) is 36.3 Å². The lowest BCUT2D eigenvalue weighted by Gasteiger charge is -2.32. The van der Waals surface area contributed by atoms with Crippen molar-refractivity contribution in [3.8, 4) is 5.75 Å². The molecule has 0 saturated carbocycles. The first-order valence-corrected chi connectivity index (χ1v) is 12.3. The van der Waals surface area contributed by atoms with Crippen molar-refractivity contribution < 1.29 is 28.2 Å². The van der Waals surface area contributed by atoms with Gasteiger partial charge in [-0.3, -0.25) is 4.79 Å². The summed E-state index contributed by atoms with van der Waals surface area (Å²) in [6.45, 7) is 0.275. The zero-order valence-electron chi connectivity index (χ0n) is 17.6. The summed E-state index contributed by atoms with van der Waals surface area (Å²) in [6.07, 6.45) is 1.65. The molecular formula is C24H20FI2NO5. The van der Waals surface area contributed by atoms with Gasteiger partial charge in [0.25, 0.3) is 0 Å². The second-order valence-electron chi connectivity index (χ2n) is 7.65. The number of nitrogens with two attached hydrogens (primary N) is 1. The molecule has 33 heavy (non-hydrogen) atoms. The van der Waals surface area contributed by atoms with E-state index in [2.05, 4.69) is 45.2 Å². The van der Waals surface area contributed by atoms with Crippen molar-refractivity contribution in [3.63, 3.8) is 0 Å². The summed E-state index contributed by atoms with van der Waals surface area (Å²) in [7, 11) is 1.27. The van der Waals surface area contributed by atoms with Gasteiger partial charge in [0, 0.05) is 18.4 Å². The molecule has 0 aromatic heterocycles. The smallest absolute Gasteiger partial charge is 0.340 e. The number of carbonyl (C=O) groups is 2. The van der Waals surface area contributed by atoms with Crippen LogP contribution in [0.2, 0.25) is 0 Å². The van der Waals surface area contributed by atoms with Gasteiger partial charge in [0.1, 0.15) is 29.5 Å². The number of ether oxygens (including phenoxy) is 3. The molecule has 1 atom stereocenters. The minimum absolute atomic E-state index is 0.0399. The lowest BCUT2D eigenvalue weighted by Crippen LogP contribution is -2.31. The Morgan fingerprint density at radius 3 is 2.48 bits per heavy atom. The third-order valence-corrected chi connectivity index (χ3v) is 7.14. The normalized spacial score (nSPS) is 18.1. The first-order valence-electron chi connectivity index (χ1n) is 10.2. The standard InChI is InChI=1S/C24H20FI2NO5/c1-31-24(30)21-19(20-17(29)3-2-4-18(20)33-23(21)28)13-9-15(26)22(16(27)10-13)32-11-12-5-7-14(25)8-6-12/h5-10,19H,2-4,11,28H2,1H3/t19-/m0/s1. The highest BCUT2D eigenvalue weighted by Crippen LogP contribution is 2.45. The van der Waals surface area contributed by atoms with E-state index in [4.69, 9.17) is 19.9 Å². The Morgan fingerprint density at radius 1 is 1.18 bits per heavy atom. The number of ketones is 1. The van der Waals surface area contributed by atoms with Crippen molar-refractivity contribution in [2.24, 2.45) is 5.73 Å². The average molecular weight is 675 g/mol. The zero-order valence-corrected chi connectivity index (χ0v) is 21.9. The van der Waals surface area contributed by atoms with Crippen LogP contribution in [0.25, 0.3) is 0 Å². The summed E-state index contributed by atoms with van der Waals surface area (Å²) in [5.41, 5.74) is 8.27. The Balaban J connectivity index is 1.73. The molecule has 0 spiro atoms. The second-order valence-corrected chi connectivity index (χ2v) is 9.97. The van der Waals surface area contributed by atoms with Crippen LogP contribution in [0.15, 0.2) is 59.2 Å². The highest BCUT2D eigenvalue weighted by molar-refractivity contribution is 14.1. The molecule has 0 fully saturated rings. The highest BCUT2D eigenvalue weighted by atomic mass is 127. The van der Waals surface area contributed by atoms with E-state index in [1.165, 1.54) is 19.2 Å². The molecule has 0 radical (unpaired) electrons. The van der Waals surface area contributed by atoms with Crippen LogP contribution in [0, 0.1) is 13.0 Å². The highest BCUT2D eigenvalue weighted by Gasteiger charge is 2.41. The number of Topliss-reactive ketones (excluding diaryl/α,β-unsaturated/α-hetero) is 1. The van der Waals surface area contributed by atoms with Gasteiger partial charge in [-0.05, 0) is 87.0 Å². The van der Waals surface area contributed by atoms with Crippen LogP contribution in [-0.4, -0.2) is 18.9 Å². The van der Waals surface area contributed by atoms with Gasteiger partial charge >= 0.3 is 5.97 Å².